The van der Waals surface area contributed by atoms with Gasteiger partial charge in [0.15, 0.2) is 5.13 Å². The number of rotatable bonds is 11. The average molecular weight is 690 g/mol. The van der Waals surface area contributed by atoms with Gasteiger partial charge in [0.25, 0.3) is 11.8 Å². The zero-order chi connectivity index (χ0) is 32.5. The Hall–Kier alpha value is -4.61. The predicted octanol–water partition coefficient (Wildman–Crippen LogP) is 8.27. The summed E-state index contributed by atoms with van der Waals surface area (Å²) in [4.78, 5) is 44.2. The monoisotopic (exact) mass is 688 g/mol. The standard InChI is InChI=1S/C34H26Cl2N4O4S2/c1-44-30-10-6-5-9-26(30)29-19-46-34(39-29)40-31(41)20-45-25-15-13-24(14-16-25)37-33(43)28(17-22-11-12-23(35)18-27(22)36)38-32(42)21-7-3-2-4-8-21/h2-19H,20H2,1H3,(H,37,43)(H,38,42)(H,39,40,41)/b28-17-. The number of ether oxygens (including phenoxy) is 1. The molecule has 232 valence electrons. The third-order valence-electron chi connectivity index (χ3n) is 6.41. The summed E-state index contributed by atoms with van der Waals surface area (Å²) >= 11 is 15.0. The van der Waals surface area contributed by atoms with E-state index in [0.717, 1.165) is 16.2 Å². The molecule has 1 heterocycles. The van der Waals surface area contributed by atoms with E-state index in [1.165, 1.54) is 29.2 Å². The maximum atomic E-state index is 13.3. The fourth-order valence-electron chi connectivity index (χ4n) is 4.16. The first-order valence-corrected chi connectivity index (χ1v) is 16.4. The number of para-hydroxylation sites is 1. The molecule has 0 bridgehead atoms. The molecule has 0 spiro atoms. The van der Waals surface area contributed by atoms with Crippen LogP contribution in [0.2, 0.25) is 10.0 Å². The zero-order valence-electron chi connectivity index (χ0n) is 24.3. The van der Waals surface area contributed by atoms with E-state index in [0.29, 0.717) is 37.7 Å². The van der Waals surface area contributed by atoms with E-state index < -0.39 is 11.8 Å². The van der Waals surface area contributed by atoms with E-state index in [-0.39, 0.29) is 17.4 Å². The van der Waals surface area contributed by atoms with Crippen LogP contribution in [0.1, 0.15) is 15.9 Å². The SMILES string of the molecule is COc1ccccc1-c1csc(NC(=O)CSc2ccc(NC(=O)/C(=C/c3ccc(Cl)cc3Cl)NC(=O)c3ccccc3)cc2)n1. The van der Waals surface area contributed by atoms with Crippen molar-refractivity contribution >= 4 is 80.9 Å². The highest BCUT2D eigenvalue weighted by molar-refractivity contribution is 8.00. The molecule has 3 N–H and O–H groups in total. The van der Waals surface area contributed by atoms with Crippen LogP contribution in [-0.2, 0) is 9.59 Å². The minimum absolute atomic E-state index is 0.00995. The van der Waals surface area contributed by atoms with Gasteiger partial charge in [-0.05, 0) is 72.3 Å². The summed E-state index contributed by atoms with van der Waals surface area (Å²) in [5, 5.41) is 11.4. The number of nitrogens with one attached hydrogen (secondary N) is 3. The number of anilines is 2. The first-order valence-electron chi connectivity index (χ1n) is 13.7. The first kappa shape index (κ1) is 32.8. The van der Waals surface area contributed by atoms with Crippen LogP contribution in [-0.4, -0.2) is 35.6 Å². The minimum atomic E-state index is -0.550. The number of nitrogens with zero attached hydrogens (tertiary/aromatic N) is 1. The van der Waals surface area contributed by atoms with Crippen LogP contribution in [0.15, 0.2) is 113 Å². The van der Waals surface area contributed by atoms with Crippen LogP contribution in [0, 0.1) is 0 Å². The van der Waals surface area contributed by atoms with Crippen LogP contribution in [0.4, 0.5) is 10.8 Å². The highest BCUT2D eigenvalue weighted by atomic mass is 35.5. The van der Waals surface area contributed by atoms with Gasteiger partial charge in [-0.3, -0.25) is 14.4 Å². The first-order chi connectivity index (χ1) is 22.3. The van der Waals surface area contributed by atoms with Crippen molar-refractivity contribution in [1.82, 2.24) is 10.3 Å². The molecule has 0 aliphatic heterocycles. The molecule has 0 aliphatic rings. The maximum absolute atomic E-state index is 13.3. The summed E-state index contributed by atoms with van der Waals surface area (Å²) in [7, 11) is 1.60. The van der Waals surface area contributed by atoms with Crippen LogP contribution >= 0.6 is 46.3 Å². The van der Waals surface area contributed by atoms with Crippen molar-refractivity contribution in [1.29, 1.82) is 0 Å². The Morgan fingerprint density at radius 2 is 1.65 bits per heavy atom. The fraction of sp³-hybridized carbons (Fsp3) is 0.0588. The van der Waals surface area contributed by atoms with Crippen LogP contribution < -0.4 is 20.7 Å². The van der Waals surface area contributed by atoms with E-state index in [9.17, 15) is 14.4 Å². The number of thiazole rings is 1. The number of carbonyl (C=O) groups is 3. The van der Waals surface area contributed by atoms with E-state index in [2.05, 4.69) is 20.9 Å². The van der Waals surface area contributed by atoms with Gasteiger partial charge >= 0.3 is 0 Å². The number of thioether (sulfide) groups is 1. The Labute approximate surface area is 283 Å². The average Bonchev–Trinajstić information content (AvgIpc) is 3.53. The molecule has 0 aliphatic carbocycles. The number of halogens is 2. The van der Waals surface area contributed by atoms with Crippen LogP contribution in [0.3, 0.4) is 0 Å². The molecule has 46 heavy (non-hydrogen) atoms. The van der Waals surface area contributed by atoms with Gasteiger partial charge in [-0.1, -0.05) is 59.6 Å². The van der Waals surface area contributed by atoms with Gasteiger partial charge in [0.1, 0.15) is 11.4 Å². The second-order valence-corrected chi connectivity index (χ2v) is 12.3. The summed E-state index contributed by atoms with van der Waals surface area (Å²) in [5.74, 6) is -0.337. The van der Waals surface area contributed by atoms with E-state index in [1.807, 2.05) is 29.6 Å². The Morgan fingerprint density at radius 3 is 2.39 bits per heavy atom. The zero-order valence-corrected chi connectivity index (χ0v) is 27.4. The molecule has 1 aromatic heterocycles. The lowest BCUT2D eigenvalue weighted by Crippen LogP contribution is -2.30. The fourth-order valence-corrected chi connectivity index (χ4v) is 6.05. The topological polar surface area (TPSA) is 109 Å². The lowest BCUT2D eigenvalue weighted by atomic mass is 10.1. The molecule has 8 nitrogen and oxygen atoms in total. The minimum Gasteiger partial charge on any atom is -0.496 e. The molecule has 5 aromatic rings. The molecule has 4 aromatic carbocycles. The second-order valence-electron chi connectivity index (χ2n) is 9.60. The Balaban J connectivity index is 1.20. The normalized spacial score (nSPS) is 11.1. The molecule has 0 saturated heterocycles. The summed E-state index contributed by atoms with van der Waals surface area (Å²) in [5.41, 5.74) is 2.94. The van der Waals surface area contributed by atoms with Gasteiger partial charge in [-0.2, -0.15) is 0 Å². The number of amides is 3. The number of carbonyl (C=O) groups excluding carboxylic acids is 3. The van der Waals surface area contributed by atoms with E-state index in [1.54, 1.807) is 79.9 Å². The van der Waals surface area contributed by atoms with Gasteiger partial charge in [0, 0.05) is 37.1 Å². The Morgan fingerprint density at radius 1 is 0.913 bits per heavy atom. The van der Waals surface area contributed by atoms with Gasteiger partial charge in [-0.25, -0.2) is 4.98 Å². The summed E-state index contributed by atoms with van der Waals surface area (Å²) in [6.45, 7) is 0. The highest BCUT2D eigenvalue weighted by Gasteiger charge is 2.16. The number of hydrogen-bond acceptors (Lipinski definition) is 7. The molecule has 3 amide bonds. The van der Waals surface area contributed by atoms with Crippen molar-refractivity contribution in [3.8, 4) is 17.0 Å². The van der Waals surface area contributed by atoms with Gasteiger partial charge in [0.2, 0.25) is 5.91 Å². The van der Waals surface area contributed by atoms with Crippen molar-refractivity contribution in [3.63, 3.8) is 0 Å². The number of benzene rings is 4. The molecule has 5 rings (SSSR count). The van der Waals surface area contributed by atoms with Gasteiger partial charge in [0.05, 0.1) is 18.6 Å². The summed E-state index contributed by atoms with van der Waals surface area (Å²) in [6.07, 6.45) is 1.49. The van der Waals surface area contributed by atoms with Crippen molar-refractivity contribution in [2.75, 3.05) is 23.5 Å². The number of methoxy groups -OCH3 is 1. The lowest BCUT2D eigenvalue weighted by molar-refractivity contribution is -0.114. The smallest absolute Gasteiger partial charge is 0.272 e. The van der Waals surface area contributed by atoms with Gasteiger partial charge < -0.3 is 20.7 Å². The van der Waals surface area contributed by atoms with Crippen molar-refractivity contribution in [2.24, 2.45) is 0 Å². The second kappa shape index (κ2) is 15.6. The van der Waals surface area contributed by atoms with E-state index in [4.69, 9.17) is 27.9 Å². The molecular formula is C34H26Cl2N4O4S2. The quantitative estimate of drug-likeness (QED) is 0.0952. The molecular weight excluding hydrogens is 663 g/mol. The molecule has 0 saturated carbocycles. The van der Waals surface area contributed by atoms with Crippen molar-refractivity contribution in [3.05, 3.63) is 129 Å². The van der Waals surface area contributed by atoms with Crippen LogP contribution in [0.5, 0.6) is 5.75 Å². The maximum Gasteiger partial charge on any atom is 0.272 e. The largest absolute Gasteiger partial charge is 0.496 e. The molecule has 0 atom stereocenters. The highest BCUT2D eigenvalue weighted by Crippen LogP contribution is 2.32. The van der Waals surface area contributed by atoms with Crippen molar-refractivity contribution < 1.29 is 19.1 Å². The van der Waals surface area contributed by atoms with Gasteiger partial charge in [-0.15, -0.1) is 23.1 Å². The van der Waals surface area contributed by atoms with Crippen LogP contribution in [0.25, 0.3) is 17.3 Å². The lowest BCUT2D eigenvalue weighted by Gasteiger charge is -2.12. The third-order valence-corrected chi connectivity index (χ3v) is 8.74. The molecule has 0 unspecified atom stereocenters. The Bertz CT molecular complexity index is 1900. The van der Waals surface area contributed by atoms with Crippen molar-refractivity contribution in [2.45, 2.75) is 4.90 Å². The summed E-state index contributed by atoms with van der Waals surface area (Å²) < 4.78 is 5.41. The van der Waals surface area contributed by atoms with E-state index >= 15 is 0 Å². The molecule has 0 fully saturated rings. The third kappa shape index (κ3) is 8.76. The Kier molecular flexibility index (Phi) is 11.1. The molecule has 0 radical (unpaired) electrons. The summed E-state index contributed by atoms with van der Waals surface area (Å²) in [6, 6.07) is 28.0. The predicted molar refractivity (Wildman–Crippen MR) is 187 cm³/mol. The number of aromatic nitrogens is 1. The molecule has 12 heteroatoms. The number of hydrogen-bond donors (Lipinski definition) is 3.